The molecule has 1 fully saturated rings. The number of carbonyl (C=O) groups is 1. The smallest absolute Gasteiger partial charge is 0.220 e. The third kappa shape index (κ3) is 7.96. The molecule has 0 aliphatic carbocycles. The molecule has 4 N–H and O–H groups in total. The second kappa shape index (κ2) is 12.2. The highest BCUT2D eigenvalue weighted by molar-refractivity contribution is 14.0. The number of nitrogens with two attached hydrogens (primary N) is 1. The van der Waals surface area contributed by atoms with Crippen molar-refractivity contribution in [1.82, 2.24) is 15.6 Å². The van der Waals surface area contributed by atoms with Gasteiger partial charge in [-0.2, -0.15) is 0 Å². The number of anilines is 1. The molecule has 2 rings (SSSR count). The number of methoxy groups -OCH3 is 1. The van der Waals surface area contributed by atoms with Crippen LogP contribution in [0.3, 0.4) is 0 Å². The van der Waals surface area contributed by atoms with Gasteiger partial charge in [0.2, 0.25) is 5.91 Å². The number of aliphatic imine (C=N–C) groups is 1. The van der Waals surface area contributed by atoms with E-state index in [0.29, 0.717) is 13.1 Å². The van der Waals surface area contributed by atoms with Gasteiger partial charge in [-0.1, -0.05) is 6.07 Å². The van der Waals surface area contributed by atoms with E-state index in [1.165, 1.54) is 0 Å². The molecule has 1 aromatic rings. The number of hydrogen-bond donors (Lipinski definition) is 3. The number of piperidine rings is 1. The van der Waals surface area contributed by atoms with E-state index in [0.717, 1.165) is 49.8 Å². The maximum Gasteiger partial charge on any atom is 0.220 e. The summed E-state index contributed by atoms with van der Waals surface area (Å²) < 4.78 is 5.46. The van der Waals surface area contributed by atoms with Gasteiger partial charge in [-0.3, -0.25) is 4.79 Å². The van der Waals surface area contributed by atoms with Crippen molar-refractivity contribution in [3.8, 4) is 0 Å². The lowest BCUT2D eigenvalue weighted by molar-refractivity contribution is -0.122. The predicted molar refractivity (Wildman–Crippen MR) is 128 cm³/mol. The molecule has 1 saturated heterocycles. The summed E-state index contributed by atoms with van der Waals surface area (Å²) in [5.74, 6) is 1.44. The van der Waals surface area contributed by atoms with Crippen molar-refractivity contribution in [2.45, 2.75) is 45.8 Å². The summed E-state index contributed by atoms with van der Waals surface area (Å²) >= 11 is 0. The minimum atomic E-state index is -0.277. The van der Waals surface area contributed by atoms with Gasteiger partial charge in [-0.15, -0.1) is 24.0 Å². The number of aromatic nitrogens is 1. The number of rotatable bonds is 8. The summed E-state index contributed by atoms with van der Waals surface area (Å²) in [6.07, 6.45) is 3.34. The molecular weight excluding hydrogens is 483 g/mol. The minimum absolute atomic E-state index is 0. The number of nitrogens with zero attached hydrogens (tertiary/aromatic N) is 3. The third-order valence-electron chi connectivity index (χ3n) is 5.05. The molecular formula is C20H35IN6O2. The fourth-order valence-electron chi connectivity index (χ4n) is 3.09. The Bertz CT molecular complexity index is 675. The zero-order valence-electron chi connectivity index (χ0n) is 17.9. The van der Waals surface area contributed by atoms with Gasteiger partial charge in [-0.05, 0) is 39.7 Å². The lowest BCUT2D eigenvalue weighted by Gasteiger charge is -2.32. The number of halogens is 1. The fraction of sp³-hybridized carbons (Fsp3) is 0.650. The van der Waals surface area contributed by atoms with Crippen LogP contribution in [-0.4, -0.2) is 55.7 Å². The Hall–Kier alpha value is -1.62. The Morgan fingerprint density at radius 2 is 2.07 bits per heavy atom. The maximum atomic E-state index is 11.4. The van der Waals surface area contributed by atoms with Gasteiger partial charge >= 0.3 is 0 Å². The van der Waals surface area contributed by atoms with Crippen LogP contribution >= 0.6 is 24.0 Å². The fourth-order valence-corrected chi connectivity index (χ4v) is 3.09. The summed E-state index contributed by atoms with van der Waals surface area (Å²) in [5, 5.41) is 6.59. The summed E-state index contributed by atoms with van der Waals surface area (Å²) in [6, 6.07) is 3.98. The van der Waals surface area contributed by atoms with Gasteiger partial charge in [0.1, 0.15) is 5.82 Å². The van der Waals surface area contributed by atoms with Crippen LogP contribution in [0.15, 0.2) is 23.3 Å². The highest BCUT2D eigenvalue weighted by Crippen LogP contribution is 2.24. The molecule has 0 spiro atoms. The van der Waals surface area contributed by atoms with E-state index < -0.39 is 0 Å². The number of nitrogens with one attached hydrogen (secondary N) is 2. The van der Waals surface area contributed by atoms with Crippen molar-refractivity contribution < 1.29 is 9.53 Å². The Morgan fingerprint density at radius 3 is 2.66 bits per heavy atom. The number of amides is 1. The number of pyridine rings is 1. The van der Waals surface area contributed by atoms with E-state index in [4.69, 9.17) is 15.5 Å². The van der Waals surface area contributed by atoms with Crippen LogP contribution in [0.5, 0.6) is 0 Å². The van der Waals surface area contributed by atoms with E-state index in [1.54, 1.807) is 13.3 Å². The highest BCUT2D eigenvalue weighted by Gasteiger charge is 2.25. The third-order valence-corrected chi connectivity index (χ3v) is 5.05. The second-order valence-electron chi connectivity index (χ2n) is 7.66. The SMILES string of the molecule is CCNC(=NCc1cccnc1N1CCC(C(N)=O)CC1)NCC(C)(C)OC.I. The number of guanidine groups is 1. The molecule has 29 heavy (non-hydrogen) atoms. The Kier molecular flexibility index (Phi) is 10.7. The summed E-state index contributed by atoms with van der Waals surface area (Å²) in [4.78, 5) is 22.9. The quantitative estimate of drug-likeness (QED) is 0.276. The molecule has 1 aromatic heterocycles. The highest BCUT2D eigenvalue weighted by atomic mass is 127. The van der Waals surface area contributed by atoms with Gasteiger partial charge in [0.05, 0.1) is 12.1 Å². The van der Waals surface area contributed by atoms with Crippen LogP contribution in [-0.2, 0) is 16.1 Å². The first-order valence-corrected chi connectivity index (χ1v) is 9.91. The topological polar surface area (TPSA) is 105 Å². The lowest BCUT2D eigenvalue weighted by Crippen LogP contribution is -2.45. The van der Waals surface area contributed by atoms with Crippen LogP contribution < -0.4 is 21.3 Å². The van der Waals surface area contributed by atoms with Crippen molar-refractivity contribution in [2.24, 2.45) is 16.6 Å². The predicted octanol–water partition coefficient (Wildman–Crippen LogP) is 1.88. The van der Waals surface area contributed by atoms with Crippen molar-refractivity contribution in [2.75, 3.05) is 38.2 Å². The van der Waals surface area contributed by atoms with Gasteiger partial charge in [0, 0.05) is 51.0 Å². The molecule has 0 aromatic carbocycles. The molecule has 0 saturated carbocycles. The van der Waals surface area contributed by atoms with E-state index >= 15 is 0 Å². The first-order chi connectivity index (χ1) is 13.4. The Balaban J connectivity index is 0.00000420. The van der Waals surface area contributed by atoms with E-state index in [1.807, 2.05) is 26.8 Å². The van der Waals surface area contributed by atoms with E-state index in [-0.39, 0.29) is 41.4 Å². The van der Waals surface area contributed by atoms with Crippen molar-refractivity contribution >= 4 is 41.7 Å². The average molecular weight is 518 g/mol. The molecule has 1 aliphatic rings. The van der Waals surface area contributed by atoms with Gasteiger partial charge < -0.3 is 26.0 Å². The molecule has 8 nitrogen and oxygen atoms in total. The number of hydrogen-bond acceptors (Lipinski definition) is 5. The summed E-state index contributed by atoms with van der Waals surface area (Å²) in [6.45, 7) is 9.59. The van der Waals surface area contributed by atoms with Crippen LogP contribution in [0, 0.1) is 5.92 Å². The Labute approximate surface area is 191 Å². The normalized spacial score (nSPS) is 15.6. The van der Waals surface area contributed by atoms with Gasteiger partial charge in [0.25, 0.3) is 0 Å². The molecule has 1 amide bonds. The number of ether oxygens (including phenoxy) is 1. The lowest BCUT2D eigenvalue weighted by atomic mass is 9.96. The van der Waals surface area contributed by atoms with Gasteiger partial charge in [0.15, 0.2) is 5.96 Å². The zero-order chi connectivity index (χ0) is 20.6. The molecule has 2 heterocycles. The van der Waals surface area contributed by atoms with Crippen LogP contribution in [0.25, 0.3) is 0 Å². The maximum absolute atomic E-state index is 11.4. The first-order valence-electron chi connectivity index (χ1n) is 9.91. The summed E-state index contributed by atoms with van der Waals surface area (Å²) in [7, 11) is 1.70. The monoisotopic (exact) mass is 518 g/mol. The molecule has 0 unspecified atom stereocenters. The standard InChI is InChI=1S/C20H34N6O2.HI/c1-5-22-19(25-14-20(2,3)28-4)24-13-16-7-6-10-23-18(16)26-11-8-15(9-12-26)17(21)27;/h6-7,10,15H,5,8-9,11-14H2,1-4H3,(H2,21,27)(H2,22,24,25);1H. The molecule has 164 valence electrons. The van der Waals surface area contributed by atoms with Crippen molar-refractivity contribution in [3.05, 3.63) is 23.9 Å². The largest absolute Gasteiger partial charge is 0.377 e. The Morgan fingerprint density at radius 1 is 1.38 bits per heavy atom. The molecule has 0 atom stereocenters. The van der Waals surface area contributed by atoms with Crippen molar-refractivity contribution in [1.29, 1.82) is 0 Å². The first kappa shape index (κ1) is 25.4. The van der Waals surface area contributed by atoms with Crippen LogP contribution in [0.2, 0.25) is 0 Å². The number of carbonyl (C=O) groups excluding carboxylic acids is 1. The molecule has 0 radical (unpaired) electrons. The zero-order valence-corrected chi connectivity index (χ0v) is 20.2. The van der Waals surface area contributed by atoms with E-state index in [9.17, 15) is 4.79 Å². The number of primary amides is 1. The average Bonchev–Trinajstić information content (AvgIpc) is 2.70. The van der Waals surface area contributed by atoms with Gasteiger partial charge in [-0.25, -0.2) is 9.98 Å². The second-order valence-corrected chi connectivity index (χ2v) is 7.66. The van der Waals surface area contributed by atoms with E-state index in [2.05, 4.69) is 26.6 Å². The minimum Gasteiger partial charge on any atom is -0.377 e. The summed E-state index contributed by atoms with van der Waals surface area (Å²) in [5.41, 5.74) is 6.23. The molecule has 1 aliphatic heterocycles. The van der Waals surface area contributed by atoms with Crippen LogP contribution in [0.1, 0.15) is 39.2 Å². The van der Waals surface area contributed by atoms with Crippen molar-refractivity contribution in [3.63, 3.8) is 0 Å². The van der Waals surface area contributed by atoms with Crippen LogP contribution in [0.4, 0.5) is 5.82 Å². The molecule has 0 bridgehead atoms. The molecule has 9 heteroatoms.